The summed E-state index contributed by atoms with van der Waals surface area (Å²) in [7, 11) is 0. The van der Waals surface area contributed by atoms with E-state index in [0.717, 1.165) is 10.6 Å². The molecular weight excluding hydrogens is 366 g/mol. The van der Waals surface area contributed by atoms with Gasteiger partial charge in [-0.2, -0.15) is 0 Å². The van der Waals surface area contributed by atoms with Gasteiger partial charge < -0.3 is 9.80 Å². The maximum absolute atomic E-state index is 12.7. The number of anilines is 1. The van der Waals surface area contributed by atoms with Crippen LogP contribution in [0.15, 0.2) is 48.5 Å². The van der Waals surface area contributed by atoms with Gasteiger partial charge in [0.2, 0.25) is 5.91 Å². The zero-order chi connectivity index (χ0) is 19.0. The Bertz CT molecular complexity index is 908. The number of imide groups is 1. The Hall–Kier alpha value is -2.86. The number of nitrogens with zero attached hydrogens (tertiary/aromatic N) is 3. The Morgan fingerprint density at radius 3 is 2.26 bits per heavy atom. The van der Waals surface area contributed by atoms with Gasteiger partial charge >= 0.3 is 0 Å². The molecule has 2 aromatic carbocycles. The van der Waals surface area contributed by atoms with Gasteiger partial charge in [-0.25, -0.2) is 0 Å². The van der Waals surface area contributed by atoms with E-state index in [1.54, 1.807) is 23.1 Å². The first-order valence-corrected chi connectivity index (χ1v) is 9.16. The van der Waals surface area contributed by atoms with Crippen LogP contribution in [-0.4, -0.2) is 60.2 Å². The van der Waals surface area contributed by atoms with Crippen molar-refractivity contribution in [2.75, 3.05) is 37.6 Å². The van der Waals surface area contributed by atoms with Crippen molar-refractivity contribution in [1.82, 2.24) is 9.80 Å². The lowest BCUT2D eigenvalue weighted by atomic mass is 10.1. The van der Waals surface area contributed by atoms with E-state index >= 15 is 0 Å². The lowest BCUT2D eigenvalue weighted by Gasteiger charge is -2.36. The molecular formula is C20H18ClN3O3. The fourth-order valence-corrected chi connectivity index (χ4v) is 3.78. The monoisotopic (exact) mass is 383 g/mol. The maximum atomic E-state index is 12.7. The minimum Gasteiger partial charge on any atom is -0.368 e. The first kappa shape index (κ1) is 17.5. The van der Waals surface area contributed by atoms with Gasteiger partial charge in [0.25, 0.3) is 11.8 Å². The third-order valence-corrected chi connectivity index (χ3v) is 5.31. The van der Waals surface area contributed by atoms with Crippen LogP contribution in [0.2, 0.25) is 5.02 Å². The Labute approximate surface area is 161 Å². The van der Waals surface area contributed by atoms with Crippen molar-refractivity contribution < 1.29 is 14.4 Å². The lowest BCUT2D eigenvalue weighted by molar-refractivity contribution is -0.131. The molecule has 2 aliphatic rings. The van der Waals surface area contributed by atoms with E-state index in [1.807, 2.05) is 30.3 Å². The Balaban J connectivity index is 1.40. The standard InChI is InChI=1S/C20H18ClN3O3/c21-16-8-4-7-15-18(16)20(27)24(19(15)26)13-17(25)23-11-9-22(10-12-23)14-5-2-1-3-6-14/h1-8H,9-13H2. The number of carbonyl (C=O) groups is 3. The third-order valence-electron chi connectivity index (χ3n) is 5.00. The molecule has 4 rings (SSSR count). The molecule has 0 saturated carbocycles. The summed E-state index contributed by atoms with van der Waals surface area (Å²) in [5.41, 5.74) is 1.57. The molecule has 6 nitrogen and oxygen atoms in total. The van der Waals surface area contributed by atoms with E-state index in [1.165, 1.54) is 0 Å². The Morgan fingerprint density at radius 1 is 0.889 bits per heavy atom. The summed E-state index contributed by atoms with van der Waals surface area (Å²) in [6.07, 6.45) is 0. The van der Waals surface area contributed by atoms with Gasteiger partial charge in [0.05, 0.1) is 16.1 Å². The van der Waals surface area contributed by atoms with Gasteiger partial charge in [0.15, 0.2) is 0 Å². The first-order chi connectivity index (χ1) is 13.1. The van der Waals surface area contributed by atoms with E-state index < -0.39 is 11.8 Å². The third kappa shape index (κ3) is 3.17. The zero-order valence-corrected chi connectivity index (χ0v) is 15.4. The van der Waals surface area contributed by atoms with Gasteiger partial charge in [-0.15, -0.1) is 0 Å². The molecule has 3 amide bonds. The van der Waals surface area contributed by atoms with Crippen LogP contribution in [0.4, 0.5) is 5.69 Å². The maximum Gasteiger partial charge on any atom is 0.263 e. The van der Waals surface area contributed by atoms with Crippen LogP contribution in [-0.2, 0) is 4.79 Å². The number of fused-ring (bicyclic) bond motifs is 1. The van der Waals surface area contributed by atoms with Gasteiger partial charge in [-0.1, -0.05) is 35.9 Å². The molecule has 0 aliphatic carbocycles. The van der Waals surface area contributed by atoms with Gasteiger partial charge in [-0.05, 0) is 24.3 Å². The predicted molar refractivity (Wildman–Crippen MR) is 102 cm³/mol. The average molecular weight is 384 g/mol. The fourth-order valence-electron chi connectivity index (χ4n) is 3.52. The van der Waals surface area contributed by atoms with Crippen LogP contribution in [0.5, 0.6) is 0 Å². The molecule has 138 valence electrons. The van der Waals surface area contributed by atoms with Crippen LogP contribution in [0.3, 0.4) is 0 Å². The van der Waals surface area contributed by atoms with Crippen LogP contribution >= 0.6 is 11.6 Å². The summed E-state index contributed by atoms with van der Waals surface area (Å²) >= 11 is 6.05. The first-order valence-electron chi connectivity index (χ1n) is 8.79. The van der Waals surface area contributed by atoms with Crippen LogP contribution in [0, 0.1) is 0 Å². The number of piperazine rings is 1. The molecule has 7 heteroatoms. The van der Waals surface area contributed by atoms with Crippen molar-refractivity contribution in [1.29, 1.82) is 0 Å². The fraction of sp³-hybridized carbons (Fsp3) is 0.250. The summed E-state index contributed by atoms with van der Waals surface area (Å²) in [6.45, 7) is 2.27. The van der Waals surface area contributed by atoms with Crippen molar-refractivity contribution >= 4 is 35.0 Å². The smallest absolute Gasteiger partial charge is 0.263 e. The SMILES string of the molecule is O=C(CN1C(=O)c2cccc(Cl)c2C1=O)N1CCN(c2ccccc2)CC1. The molecule has 0 unspecified atom stereocenters. The number of halogens is 1. The minimum absolute atomic E-state index is 0.186. The summed E-state index contributed by atoms with van der Waals surface area (Å²) in [5, 5.41) is 0.234. The van der Waals surface area contributed by atoms with Crippen LogP contribution < -0.4 is 4.90 Å². The number of carbonyl (C=O) groups excluding carboxylic acids is 3. The second-order valence-corrected chi connectivity index (χ2v) is 6.97. The van der Waals surface area contributed by atoms with E-state index in [9.17, 15) is 14.4 Å². The van der Waals surface area contributed by atoms with Crippen LogP contribution in [0.1, 0.15) is 20.7 Å². The highest BCUT2D eigenvalue weighted by Gasteiger charge is 2.39. The highest BCUT2D eigenvalue weighted by molar-refractivity contribution is 6.37. The second-order valence-electron chi connectivity index (χ2n) is 6.56. The van der Waals surface area contributed by atoms with Gasteiger partial charge in [0, 0.05) is 31.9 Å². The summed E-state index contributed by atoms with van der Waals surface area (Å²) in [5.74, 6) is -1.20. The molecule has 2 heterocycles. The average Bonchev–Trinajstić information content (AvgIpc) is 2.94. The summed E-state index contributed by atoms with van der Waals surface area (Å²) in [4.78, 5) is 42.6. The zero-order valence-electron chi connectivity index (χ0n) is 14.6. The summed E-state index contributed by atoms with van der Waals surface area (Å²) in [6, 6.07) is 14.8. The quantitative estimate of drug-likeness (QED) is 0.763. The van der Waals surface area contributed by atoms with Crippen molar-refractivity contribution in [3.05, 3.63) is 64.7 Å². The number of hydrogen-bond donors (Lipinski definition) is 0. The molecule has 0 radical (unpaired) electrons. The molecule has 1 fully saturated rings. The predicted octanol–water partition coefficient (Wildman–Crippen LogP) is 2.28. The van der Waals surface area contributed by atoms with Crippen LogP contribution in [0.25, 0.3) is 0 Å². The molecule has 0 spiro atoms. The molecule has 1 saturated heterocycles. The number of hydrogen-bond acceptors (Lipinski definition) is 4. The largest absolute Gasteiger partial charge is 0.368 e. The number of para-hydroxylation sites is 1. The molecule has 27 heavy (non-hydrogen) atoms. The Morgan fingerprint density at radius 2 is 1.59 bits per heavy atom. The second kappa shape index (κ2) is 7.04. The number of amides is 3. The molecule has 2 aromatic rings. The highest BCUT2D eigenvalue weighted by atomic mass is 35.5. The lowest BCUT2D eigenvalue weighted by Crippen LogP contribution is -2.51. The van der Waals surface area contributed by atoms with Crippen molar-refractivity contribution in [2.24, 2.45) is 0 Å². The summed E-state index contributed by atoms with van der Waals surface area (Å²) < 4.78 is 0. The van der Waals surface area contributed by atoms with Gasteiger partial charge in [0.1, 0.15) is 6.54 Å². The molecule has 0 aromatic heterocycles. The number of rotatable bonds is 3. The molecule has 0 atom stereocenters. The molecule has 0 N–H and O–H groups in total. The van der Waals surface area contributed by atoms with E-state index in [4.69, 9.17) is 11.6 Å². The van der Waals surface area contributed by atoms with Crippen molar-refractivity contribution in [3.63, 3.8) is 0 Å². The van der Waals surface area contributed by atoms with Crippen molar-refractivity contribution in [3.8, 4) is 0 Å². The molecule has 0 bridgehead atoms. The highest BCUT2D eigenvalue weighted by Crippen LogP contribution is 2.29. The number of benzene rings is 2. The van der Waals surface area contributed by atoms with Crippen molar-refractivity contribution in [2.45, 2.75) is 0 Å². The van der Waals surface area contributed by atoms with E-state index in [-0.39, 0.29) is 28.6 Å². The molecule has 2 aliphatic heterocycles. The topological polar surface area (TPSA) is 60.9 Å². The minimum atomic E-state index is -0.503. The van der Waals surface area contributed by atoms with Gasteiger partial charge in [-0.3, -0.25) is 19.3 Å². The normalized spacial score (nSPS) is 16.7. The Kier molecular flexibility index (Phi) is 4.58. The van der Waals surface area contributed by atoms with E-state index in [0.29, 0.717) is 26.2 Å². The van der Waals surface area contributed by atoms with E-state index in [2.05, 4.69) is 4.90 Å².